The van der Waals surface area contributed by atoms with E-state index < -0.39 is 0 Å². The number of fused-ring (bicyclic) bond motifs is 1. The van der Waals surface area contributed by atoms with Crippen LogP contribution in [0.15, 0.2) is 65.3 Å². The molecule has 0 radical (unpaired) electrons. The van der Waals surface area contributed by atoms with Gasteiger partial charge < -0.3 is 13.9 Å². The van der Waals surface area contributed by atoms with E-state index in [1.807, 2.05) is 36.4 Å². The number of benzene rings is 2. The monoisotopic (exact) mass is 394 g/mol. The molecular weight excluding hydrogens is 376 g/mol. The molecule has 0 fully saturated rings. The normalized spacial score (nSPS) is 10.8. The Morgan fingerprint density at radius 3 is 2.71 bits per heavy atom. The second kappa shape index (κ2) is 7.74. The molecular formula is C21H18N2O4S. The smallest absolute Gasteiger partial charge is 0.264 e. The highest BCUT2D eigenvalue weighted by molar-refractivity contribution is 7.22. The molecule has 7 heteroatoms. The Kier molecular flexibility index (Phi) is 4.99. The van der Waals surface area contributed by atoms with Gasteiger partial charge in [-0.15, -0.1) is 0 Å². The van der Waals surface area contributed by atoms with Crippen molar-refractivity contribution < 1.29 is 18.7 Å². The van der Waals surface area contributed by atoms with E-state index in [1.165, 1.54) is 11.3 Å². The van der Waals surface area contributed by atoms with Crippen molar-refractivity contribution in [3.63, 3.8) is 0 Å². The first-order valence-electron chi connectivity index (χ1n) is 8.61. The van der Waals surface area contributed by atoms with Crippen LogP contribution in [0.1, 0.15) is 16.1 Å². The highest BCUT2D eigenvalue weighted by Gasteiger charge is 2.25. The number of anilines is 1. The first-order valence-corrected chi connectivity index (χ1v) is 9.43. The van der Waals surface area contributed by atoms with E-state index in [-0.39, 0.29) is 12.5 Å². The lowest BCUT2D eigenvalue weighted by Crippen LogP contribution is -2.30. The van der Waals surface area contributed by atoms with Gasteiger partial charge in [-0.2, -0.15) is 0 Å². The first kappa shape index (κ1) is 18.1. The average molecular weight is 394 g/mol. The third-order valence-electron chi connectivity index (χ3n) is 4.29. The predicted octanol–water partition coefficient (Wildman–Crippen LogP) is 4.75. The summed E-state index contributed by atoms with van der Waals surface area (Å²) in [5, 5.41) is 0.579. The molecule has 142 valence electrons. The summed E-state index contributed by atoms with van der Waals surface area (Å²) in [4.78, 5) is 19.7. The molecule has 0 N–H and O–H groups in total. The van der Waals surface area contributed by atoms with Gasteiger partial charge in [-0.25, -0.2) is 4.98 Å². The summed E-state index contributed by atoms with van der Waals surface area (Å²) in [5.74, 6) is 1.72. The summed E-state index contributed by atoms with van der Waals surface area (Å²) < 4.78 is 17.1. The number of aromatic nitrogens is 1. The van der Waals surface area contributed by atoms with E-state index in [0.29, 0.717) is 22.2 Å². The summed E-state index contributed by atoms with van der Waals surface area (Å²) >= 11 is 1.42. The largest absolute Gasteiger partial charge is 0.497 e. The zero-order chi connectivity index (χ0) is 19.5. The molecule has 28 heavy (non-hydrogen) atoms. The molecule has 2 heterocycles. The fraction of sp³-hybridized carbons (Fsp3) is 0.143. The number of thiazole rings is 1. The number of rotatable bonds is 6. The van der Waals surface area contributed by atoms with Gasteiger partial charge in [0.1, 0.15) is 17.3 Å². The van der Waals surface area contributed by atoms with E-state index >= 15 is 0 Å². The van der Waals surface area contributed by atoms with Crippen LogP contribution in [0.25, 0.3) is 10.2 Å². The van der Waals surface area contributed by atoms with E-state index in [2.05, 4.69) is 4.98 Å². The summed E-state index contributed by atoms with van der Waals surface area (Å²) in [5.41, 5.74) is 1.27. The molecule has 1 amide bonds. The minimum Gasteiger partial charge on any atom is -0.497 e. The van der Waals surface area contributed by atoms with Gasteiger partial charge in [0.25, 0.3) is 5.91 Å². The molecule has 0 spiro atoms. The predicted molar refractivity (Wildman–Crippen MR) is 108 cm³/mol. The molecule has 2 aromatic heterocycles. The zero-order valence-corrected chi connectivity index (χ0v) is 16.2. The Labute approximate surface area is 165 Å². The number of amides is 1. The maximum absolute atomic E-state index is 13.4. The van der Waals surface area contributed by atoms with E-state index in [4.69, 9.17) is 13.9 Å². The van der Waals surface area contributed by atoms with Crippen LogP contribution in [0.4, 0.5) is 5.13 Å². The molecule has 0 unspecified atom stereocenters. The van der Waals surface area contributed by atoms with Gasteiger partial charge in [0.05, 0.1) is 42.8 Å². The minimum atomic E-state index is -0.208. The molecule has 4 rings (SSSR count). The lowest BCUT2D eigenvalue weighted by Gasteiger charge is -2.20. The van der Waals surface area contributed by atoms with Gasteiger partial charge >= 0.3 is 0 Å². The standard InChI is InChI=1S/C21H18N2O4S/c1-25-14-9-10-17-19(12-14)28-21(22-17)23(13-15-6-5-11-27-15)20(24)16-7-3-4-8-18(16)26-2/h3-12H,13H2,1-2H3. The summed E-state index contributed by atoms with van der Waals surface area (Å²) in [6.45, 7) is 0.265. The van der Waals surface area contributed by atoms with Gasteiger partial charge in [0.15, 0.2) is 5.13 Å². The lowest BCUT2D eigenvalue weighted by molar-refractivity contribution is 0.0980. The molecule has 0 saturated carbocycles. The van der Waals surface area contributed by atoms with Crippen molar-refractivity contribution in [1.82, 2.24) is 4.98 Å². The molecule has 0 aliphatic rings. The van der Waals surface area contributed by atoms with E-state index in [0.717, 1.165) is 16.0 Å². The Morgan fingerprint density at radius 2 is 1.96 bits per heavy atom. The third kappa shape index (κ3) is 3.44. The number of carbonyl (C=O) groups is 1. The van der Waals surface area contributed by atoms with Gasteiger partial charge in [0, 0.05) is 0 Å². The number of hydrogen-bond acceptors (Lipinski definition) is 6. The van der Waals surface area contributed by atoms with Crippen molar-refractivity contribution in [3.8, 4) is 11.5 Å². The summed E-state index contributed by atoms with van der Waals surface area (Å²) in [7, 11) is 3.17. The minimum absolute atomic E-state index is 0.208. The SMILES string of the molecule is COc1ccc2nc(N(Cc3ccco3)C(=O)c3ccccc3OC)sc2c1. The molecule has 4 aromatic rings. The number of methoxy groups -OCH3 is 2. The van der Waals surface area contributed by atoms with Crippen LogP contribution >= 0.6 is 11.3 Å². The number of carbonyl (C=O) groups excluding carboxylic acids is 1. The van der Waals surface area contributed by atoms with E-state index in [9.17, 15) is 4.79 Å². The van der Waals surface area contributed by atoms with Crippen LogP contribution in [0.5, 0.6) is 11.5 Å². The van der Waals surface area contributed by atoms with Crippen LogP contribution in [0, 0.1) is 0 Å². The van der Waals surface area contributed by atoms with Gasteiger partial charge in [-0.3, -0.25) is 9.69 Å². The molecule has 6 nitrogen and oxygen atoms in total. The second-order valence-corrected chi connectivity index (χ2v) is 7.01. The molecule has 0 bridgehead atoms. The van der Waals surface area contributed by atoms with Crippen LogP contribution in [0.3, 0.4) is 0 Å². The molecule has 0 aliphatic carbocycles. The van der Waals surface area contributed by atoms with Crippen LogP contribution < -0.4 is 14.4 Å². The topological polar surface area (TPSA) is 64.8 Å². The fourth-order valence-electron chi connectivity index (χ4n) is 2.89. The Balaban J connectivity index is 1.78. The van der Waals surface area contributed by atoms with Crippen molar-refractivity contribution in [1.29, 1.82) is 0 Å². The third-order valence-corrected chi connectivity index (χ3v) is 5.33. The van der Waals surface area contributed by atoms with Crippen molar-refractivity contribution in [2.75, 3.05) is 19.1 Å². The maximum Gasteiger partial charge on any atom is 0.264 e. The molecule has 0 saturated heterocycles. The van der Waals surface area contributed by atoms with Gasteiger partial charge in [-0.05, 0) is 42.5 Å². The molecule has 0 atom stereocenters. The second-order valence-electron chi connectivity index (χ2n) is 6.00. The quantitative estimate of drug-likeness (QED) is 0.472. The highest BCUT2D eigenvalue weighted by atomic mass is 32.1. The van der Waals surface area contributed by atoms with Crippen LogP contribution in [-0.4, -0.2) is 25.1 Å². The van der Waals surface area contributed by atoms with Crippen molar-refractivity contribution >= 4 is 32.6 Å². The van der Waals surface area contributed by atoms with Gasteiger partial charge in [0.2, 0.25) is 0 Å². The first-order chi connectivity index (χ1) is 13.7. The highest BCUT2D eigenvalue weighted by Crippen LogP contribution is 2.34. The maximum atomic E-state index is 13.4. The van der Waals surface area contributed by atoms with Crippen molar-refractivity contribution in [3.05, 3.63) is 72.2 Å². The number of nitrogens with zero attached hydrogens (tertiary/aromatic N) is 2. The van der Waals surface area contributed by atoms with E-state index in [1.54, 1.807) is 43.6 Å². The van der Waals surface area contributed by atoms with Crippen LogP contribution in [0.2, 0.25) is 0 Å². The zero-order valence-electron chi connectivity index (χ0n) is 15.4. The molecule has 2 aromatic carbocycles. The number of furan rings is 1. The molecule has 0 aliphatic heterocycles. The number of para-hydroxylation sites is 1. The number of ether oxygens (including phenoxy) is 2. The lowest BCUT2D eigenvalue weighted by atomic mass is 10.1. The Bertz CT molecular complexity index is 1100. The van der Waals surface area contributed by atoms with Crippen LogP contribution in [-0.2, 0) is 6.54 Å². The van der Waals surface area contributed by atoms with Crippen molar-refractivity contribution in [2.24, 2.45) is 0 Å². The Hall–Kier alpha value is -3.32. The summed E-state index contributed by atoms with van der Waals surface area (Å²) in [6.07, 6.45) is 1.59. The number of hydrogen-bond donors (Lipinski definition) is 0. The van der Waals surface area contributed by atoms with Gasteiger partial charge in [-0.1, -0.05) is 23.5 Å². The Morgan fingerprint density at radius 1 is 1.11 bits per heavy atom. The van der Waals surface area contributed by atoms with Crippen molar-refractivity contribution in [2.45, 2.75) is 6.54 Å². The average Bonchev–Trinajstić information content (AvgIpc) is 3.40. The summed E-state index contributed by atoms with van der Waals surface area (Å²) in [6, 6.07) is 16.4. The fourth-order valence-corrected chi connectivity index (χ4v) is 3.88.